The molecule has 2 heterocycles. The molecule has 0 spiro atoms. The molecule has 0 aliphatic carbocycles. The molecule has 0 saturated carbocycles. The molecular weight excluding hydrogens is 506 g/mol. The molecule has 2 aliphatic heterocycles. The Hall–Kier alpha value is -1.31. The van der Waals surface area contributed by atoms with Crippen LogP contribution in [0.5, 0.6) is 0 Å². The zero-order valence-electron chi connectivity index (χ0n) is 15.3. The summed E-state index contributed by atoms with van der Waals surface area (Å²) in [5.74, 6) is -0.532. The maximum Gasteiger partial charge on any atom is 0.331 e. The van der Waals surface area contributed by atoms with Crippen LogP contribution < -0.4 is 0 Å². The van der Waals surface area contributed by atoms with Crippen molar-refractivity contribution < 1.29 is 14.3 Å². The van der Waals surface area contributed by atoms with Gasteiger partial charge in [-0.3, -0.25) is 4.79 Å². The minimum absolute atomic E-state index is 0.145. The van der Waals surface area contributed by atoms with Gasteiger partial charge in [0.1, 0.15) is 11.4 Å². The summed E-state index contributed by atoms with van der Waals surface area (Å²) in [6.07, 6.45) is -0.524. The van der Waals surface area contributed by atoms with Gasteiger partial charge < -0.3 is 9.64 Å². The van der Waals surface area contributed by atoms with Gasteiger partial charge in [-0.1, -0.05) is 92.5 Å². The molecule has 28 heavy (non-hydrogen) atoms. The summed E-state index contributed by atoms with van der Waals surface area (Å²) < 4.78 is 4.76. The smallest absolute Gasteiger partial charge is 0.331 e. The number of thioether (sulfide) groups is 1. The predicted molar refractivity (Wildman–Crippen MR) is 117 cm³/mol. The topological polar surface area (TPSA) is 46.6 Å². The average Bonchev–Trinajstić information content (AvgIpc) is 2.97. The van der Waals surface area contributed by atoms with Gasteiger partial charge in [-0.15, -0.1) is 11.8 Å². The largest absolute Gasteiger partial charge is 0.451 e. The van der Waals surface area contributed by atoms with Gasteiger partial charge in [-0.2, -0.15) is 0 Å². The number of carbonyl (C=O) groups excluding carboxylic acids is 2. The van der Waals surface area contributed by atoms with E-state index in [0.29, 0.717) is 0 Å². The summed E-state index contributed by atoms with van der Waals surface area (Å²) in [5.41, 5.74) is 1.79. The number of rotatable bonds is 4. The molecule has 7 heteroatoms. The molecule has 2 saturated heterocycles. The van der Waals surface area contributed by atoms with Crippen LogP contribution in [0.1, 0.15) is 31.1 Å². The van der Waals surface area contributed by atoms with E-state index in [-0.39, 0.29) is 17.3 Å². The molecule has 146 valence electrons. The molecule has 4 rings (SSSR count). The number of nitrogens with zero attached hydrogens (tertiary/aromatic N) is 1. The Morgan fingerprint density at radius 2 is 1.54 bits per heavy atom. The van der Waals surface area contributed by atoms with Crippen molar-refractivity contribution in [3.05, 3.63) is 71.8 Å². The number of benzene rings is 2. The minimum Gasteiger partial charge on any atom is -0.451 e. The predicted octanol–water partition coefficient (Wildman–Crippen LogP) is 4.87. The van der Waals surface area contributed by atoms with Crippen LogP contribution in [-0.4, -0.2) is 36.2 Å². The lowest BCUT2D eigenvalue weighted by molar-refractivity contribution is -0.164. The van der Waals surface area contributed by atoms with Crippen molar-refractivity contribution in [1.82, 2.24) is 4.90 Å². The Morgan fingerprint density at radius 3 is 2.04 bits per heavy atom. The zero-order valence-corrected chi connectivity index (χ0v) is 19.3. The fourth-order valence-electron chi connectivity index (χ4n) is 3.73. The number of halogens is 2. The van der Waals surface area contributed by atoms with Crippen LogP contribution in [0, 0.1) is 0 Å². The number of carbonyl (C=O) groups is 2. The van der Waals surface area contributed by atoms with Gasteiger partial charge >= 0.3 is 5.97 Å². The van der Waals surface area contributed by atoms with Crippen LogP contribution in [0.25, 0.3) is 0 Å². The summed E-state index contributed by atoms with van der Waals surface area (Å²) in [5, 5.41) is -0.153. The molecule has 2 fully saturated rings. The van der Waals surface area contributed by atoms with E-state index >= 15 is 0 Å². The summed E-state index contributed by atoms with van der Waals surface area (Å²) in [6, 6.07) is 18.7. The third-order valence-electron chi connectivity index (χ3n) is 5.10. The van der Waals surface area contributed by atoms with Crippen LogP contribution in [0.15, 0.2) is 60.7 Å². The molecule has 0 N–H and O–H groups in total. The molecule has 0 aromatic heterocycles. The highest BCUT2D eigenvalue weighted by Gasteiger charge is 2.70. The van der Waals surface area contributed by atoms with Crippen LogP contribution >= 0.6 is 43.6 Å². The van der Waals surface area contributed by atoms with Gasteiger partial charge in [-0.05, 0) is 25.0 Å². The Morgan fingerprint density at radius 1 is 1.04 bits per heavy atom. The van der Waals surface area contributed by atoms with E-state index < -0.39 is 20.1 Å². The maximum atomic E-state index is 13.3. The standard InChI is InChI=1S/C21H19Br2NO3S/c1-20(2)16(24-18(26)21(22,23)19(24)28-20)17(25)27-15(13-9-5-3-6-10-13)14-11-7-4-8-12-14/h3-12,15-16,19H,1-2H3/t16-,19?/m0/s1. The quantitative estimate of drug-likeness (QED) is 0.325. The highest BCUT2D eigenvalue weighted by atomic mass is 79.9. The summed E-state index contributed by atoms with van der Waals surface area (Å²) >= 11 is 8.48. The number of alkyl halides is 2. The van der Waals surface area contributed by atoms with E-state index in [1.807, 2.05) is 74.5 Å². The SMILES string of the molecule is CC1(C)SC2N(C(=O)C2(Br)Br)[C@H]1C(=O)OC(c1ccccc1)c1ccccc1. The summed E-state index contributed by atoms with van der Waals surface area (Å²) in [4.78, 5) is 27.5. The molecule has 4 nitrogen and oxygen atoms in total. The average molecular weight is 525 g/mol. The van der Waals surface area contributed by atoms with Crippen molar-refractivity contribution in [3.8, 4) is 0 Å². The van der Waals surface area contributed by atoms with Gasteiger partial charge in [0, 0.05) is 4.75 Å². The number of esters is 1. The molecule has 2 aromatic rings. The lowest BCUT2D eigenvalue weighted by atomic mass is 9.97. The van der Waals surface area contributed by atoms with Crippen molar-refractivity contribution >= 4 is 55.5 Å². The van der Waals surface area contributed by atoms with E-state index in [2.05, 4.69) is 31.9 Å². The van der Waals surface area contributed by atoms with E-state index in [9.17, 15) is 9.59 Å². The molecule has 2 aromatic carbocycles. The molecule has 2 atom stereocenters. The number of β-lactam (4-membered cyclic amide) rings is 1. The minimum atomic E-state index is -0.810. The Bertz CT molecular complexity index is 865. The second-order valence-corrected chi connectivity index (χ2v) is 12.8. The van der Waals surface area contributed by atoms with E-state index in [1.54, 1.807) is 16.7 Å². The Kier molecular flexibility index (Phi) is 5.13. The maximum absolute atomic E-state index is 13.3. The van der Waals surface area contributed by atoms with Crippen molar-refractivity contribution in [3.63, 3.8) is 0 Å². The first-order valence-electron chi connectivity index (χ1n) is 8.92. The summed E-state index contributed by atoms with van der Waals surface area (Å²) in [6.45, 7) is 3.95. The number of fused-ring (bicyclic) bond motifs is 1. The normalized spacial score (nSPS) is 24.6. The first kappa shape index (κ1) is 20.0. The number of amides is 1. The lowest BCUT2D eigenvalue weighted by Gasteiger charge is -2.46. The highest BCUT2D eigenvalue weighted by molar-refractivity contribution is 9.26. The van der Waals surface area contributed by atoms with E-state index in [1.165, 1.54) is 0 Å². The molecule has 1 amide bonds. The first-order chi connectivity index (χ1) is 13.2. The van der Waals surface area contributed by atoms with Gasteiger partial charge in [0.2, 0.25) is 0 Å². The zero-order chi connectivity index (χ0) is 20.1. The van der Waals surface area contributed by atoms with Gasteiger partial charge in [-0.25, -0.2) is 4.79 Å². The Labute approximate surface area is 185 Å². The Balaban J connectivity index is 1.64. The van der Waals surface area contributed by atoms with Gasteiger partial charge in [0.15, 0.2) is 9.34 Å². The number of hydrogen-bond donors (Lipinski definition) is 0. The van der Waals surface area contributed by atoms with E-state index in [4.69, 9.17) is 4.74 Å². The highest BCUT2D eigenvalue weighted by Crippen LogP contribution is 2.60. The van der Waals surface area contributed by atoms with Crippen LogP contribution in [0.3, 0.4) is 0 Å². The second kappa shape index (κ2) is 7.18. The van der Waals surface area contributed by atoms with Crippen LogP contribution in [0.2, 0.25) is 0 Å². The summed E-state index contributed by atoms with van der Waals surface area (Å²) in [7, 11) is 0. The van der Waals surface area contributed by atoms with Crippen molar-refractivity contribution in [2.75, 3.05) is 0 Å². The molecule has 0 bridgehead atoms. The number of hydrogen-bond acceptors (Lipinski definition) is 4. The third-order valence-corrected chi connectivity index (χ3v) is 8.88. The lowest BCUT2D eigenvalue weighted by Crippen LogP contribution is -2.68. The fourth-order valence-corrected chi connectivity index (χ4v) is 6.63. The van der Waals surface area contributed by atoms with Gasteiger partial charge in [0.05, 0.1) is 0 Å². The van der Waals surface area contributed by atoms with Crippen molar-refractivity contribution in [2.45, 2.75) is 39.3 Å². The monoisotopic (exact) mass is 523 g/mol. The van der Waals surface area contributed by atoms with Crippen LogP contribution in [0.4, 0.5) is 0 Å². The second-order valence-electron chi connectivity index (χ2n) is 7.45. The van der Waals surface area contributed by atoms with Crippen LogP contribution in [-0.2, 0) is 14.3 Å². The molecule has 0 radical (unpaired) electrons. The molecular formula is C21H19Br2NO3S. The van der Waals surface area contributed by atoms with E-state index in [0.717, 1.165) is 11.1 Å². The van der Waals surface area contributed by atoms with Crippen molar-refractivity contribution in [2.24, 2.45) is 0 Å². The van der Waals surface area contributed by atoms with Gasteiger partial charge in [0.25, 0.3) is 5.91 Å². The first-order valence-corrected chi connectivity index (χ1v) is 11.4. The molecule has 1 unspecified atom stereocenters. The molecule has 2 aliphatic rings. The number of ether oxygens (including phenoxy) is 1. The van der Waals surface area contributed by atoms with Crippen molar-refractivity contribution in [1.29, 1.82) is 0 Å². The third kappa shape index (κ3) is 3.21. The fraction of sp³-hybridized carbons (Fsp3) is 0.333.